The molecular weight excluding hydrogens is 571 g/mol. The second-order valence-electron chi connectivity index (χ2n) is 12.8. The molecule has 0 saturated heterocycles. The lowest BCUT2D eigenvalue weighted by Gasteiger charge is -2.28. The molecule has 1 aliphatic rings. The van der Waals surface area contributed by atoms with E-state index >= 15 is 0 Å². The summed E-state index contributed by atoms with van der Waals surface area (Å²) in [6, 6.07) is 58.7. The van der Waals surface area contributed by atoms with Gasteiger partial charge in [0, 0.05) is 33.1 Å². The third kappa shape index (κ3) is 4.24. The number of para-hydroxylation sites is 2. The number of aromatic nitrogens is 2. The summed E-state index contributed by atoms with van der Waals surface area (Å²) in [6.45, 7) is 4.69. The highest BCUT2D eigenvalue weighted by molar-refractivity contribution is 6.16. The predicted molar refractivity (Wildman–Crippen MR) is 196 cm³/mol. The van der Waals surface area contributed by atoms with Crippen LogP contribution in [-0.4, -0.2) is 9.55 Å². The van der Waals surface area contributed by atoms with Gasteiger partial charge in [0.1, 0.15) is 5.82 Å². The van der Waals surface area contributed by atoms with Crippen molar-refractivity contribution in [3.63, 3.8) is 0 Å². The molecule has 0 amide bonds. The summed E-state index contributed by atoms with van der Waals surface area (Å²) in [5.74, 6) is 0.901. The lowest BCUT2D eigenvalue weighted by Crippen LogP contribution is -2.16. The van der Waals surface area contributed by atoms with E-state index in [1.165, 1.54) is 33.0 Å². The Morgan fingerprint density at radius 2 is 1.21 bits per heavy atom. The first-order chi connectivity index (χ1) is 23.1. The second kappa shape index (κ2) is 10.6. The largest absolute Gasteiger partial charge is 0.310 e. The minimum absolute atomic E-state index is 0.0955. The monoisotopic (exact) mass is 603 g/mol. The summed E-state index contributed by atoms with van der Waals surface area (Å²) in [6.07, 6.45) is 0. The van der Waals surface area contributed by atoms with Gasteiger partial charge >= 0.3 is 0 Å². The van der Waals surface area contributed by atoms with Crippen molar-refractivity contribution in [2.24, 2.45) is 0 Å². The first-order valence-corrected chi connectivity index (χ1v) is 16.2. The van der Waals surface area contributed by atoms with Gasteiger partial charge in [-0.1, -0.05) is 123 Å². The molecule has 0 saturated carbocycles. The van der Waals surface area contributed by atoms with Gasteiger partial charge in [0.05, 0.1) is 22.4 Å². The van der Waals surface area contributed by atoms with Crippen molar-refractivity contribution >= 4 is 38.9 Å². The Bertz CT molecular complexity index is 2440. The highest BCUT2D eigenvalue weighted by Crippen LogP contribution is 2.51. The van der Waals surface area contributed by atoms with E-state index in [1.54, 1.807) is 0 Å². The van der Waals surface area contributed by atoms with Gasteiger partial charge in [-0.3, -0.25) is 4.57 Å². The summed E-state index contributed by atoms with van der Waals surface area (Å²) in [7, 11) is 0. The minimum atomic E-state index is -0.0955. The van der Waals surface area contributed by atoms with Crippen molar-refractivity contribution in [2.75, 3.05) is 4.90 Å². The lowest BCUT2D eigenvalue weighted by atomic mass is 9.82. The molecule has 0 bridgehead atoms. The van der Waals surface area contributed by atoms with Crippen molar-refractivity contribution in [1.82, 2.24) is 9.55 Å². The Kier molecular flexibility index (Phi) is 6.16. The highest BCUT2D eigenvalue weighted by atomic mass is 15.2. The van der Waals surface area contributed by atoms with Crippen molar-refractivity contribution in [1.29, 1.82) is 0 Å². The average molecular weight is 604 g/mol. The van der Waals surface area contributed by atoms with E-state index in [2.05, 4.69) is 181 Å². The van der Waals surface area contributed by atoms with Crippen LogP contribution < -0.4 is 4.90 Å². The Labute approximate surface area is 275 Å². The Balaban J connectivity index is 1.29. The van der Waals surface area contributed by atoms with Gasteiger partial charge in [0.25, 0.3) is 0 Å². The highest BCUT2D eigenvalue weighted by Gasteiger charge is 2.36. The van der Waals surface area contributed by atoms with Gasteiger partial charge in [0.2, 0.25) is 0 Å². The van der Waals surface area contributed by atoms with Crippen LogP contribution in [0.5, 0.6) is 0 Å². The minimum Gasteiger partial charge on any atom is -0.310 e. The van der Waals surface area contributed by atoms with Crippen molar-refractivity contribution in [3.05, 3.63) is 175 Å². The number of pyridine rings is 1. The Hall–Kier alpha value is -5.93. The van der Waals surface area contributed by atoms with Crippen molar-refractivity contribution in [3.8, 4) is 28.2 Å². The number of nitrogens with zero attached hydrogens (tertiary/aromatic N) is 3. The zero-order valence-electron chi connectivity index (χ0n) is 26.4. The van der Waals surface area contributed by atoms with E-state index in [4.69, 9.17) is 4.98 Å². The van der Waals surface area contributed by atoms with Crippen LogP contribution in [0.15, 0.2) is 164 Å². The molecule has 3 nitrogen and oxygen atoms in total. The van der Waals surface area contributed by atoms with Gasteiger partial charge in [-0.2, -0.15) is 0 Å². The first-order valence-electron chi connectivity index (χ1n) is 16.2. The van der Waals surface area contributed by atoms with Gasteiger partial charge in [0.15, 0.2) is 0 Å². The van der Waals surface area contributed by atoms with Crippen LogP contribution in [0.25, 0.3) is 50.0 Å². The number of fused-ring (bicyclic) bond motifs is 6. The summed E-state index contributed by atoms with van der Waals surface area (Å²) in [5.41, 5.74) is 13.0. The summed E-state index contributed by atoms with van der Waals surface area (Å²) < 4.78 is 2.31. The van der Waals surface area contributed by atoms with Gasteiger partial charge in [-0.15, -0.1) is 0 Å². The van der Waals surface area contributed by atoms with Crippen LogP contribution in [0.2, 0.25) is 0 Å². The van der Waals surface area contributed by atoms with E-state index in [9.17, 15) is 0 Å². The molecular formula is C44H33N3. The standard InChI is InChI=1S/C44H33N3/c1-44(2)36-21-11-9-19-33(36)34-28-27-32(29-37(34)44)46(31-17-7-4-8-18-31)40-24-14-25-41-43(40)35-20-10-12-23-39(35)47(41)42-26-13-22-38(45-42)30-15-5-3-6-16-30/h3-29H,1-2H3. The lowest BCUT2D eigenvalue weighted by molar-refractivity contribution is 0.660. The molecule has 0 spiro atoms. The predicted octanol–water partition coefficient (Wildman–Crippen LogP) is 11.6. The first kappa shape index (κ1) is 27.4. The number of hydrogen-bond acceptors (Lipinski definition) is 2. The number of anilines is 3. The van der Waals surface area contributed by atoms with Gasteiger partial charge in [-0.05, 0) is 76.9 Å². The van der Waals surface area contributed by atoms with Crippen LogP contribution in [0, 0.1) is 0 Å². The van der Waals surface area contributed by atoms with Crippen LogP contribution in [-0.2, 0) is 5.41 Å². The number of rotatable bonds is 5. The maximum Gasteiger partial charge on any atom is 0.138 e. The Morgan fingerprint density at radius 3 is 2.06 bits per heavy atom. The smallest absolute Gasteiger partial charge is 0.138 e. The summed E-state index contributed by atoms with van der Waals surface area (Å²) in [4.78, 5) is 7.62. The molecule has 9 rings (SSSR count). The molecule has 2 heterocycles. The van der Waals surface area contributed by atoms with Crippen LogP contribution >= 0.6 is 0 Å². The van der Waals surface area contributed by atoms with Crippen LogP contribution in [0.1, 0.15) is 25.0 Å². The maximum atomic E-state index is 5.20. The normalized spacial score (nSPS) is 13.1. The molecule has 224 valence electrons. The molecule has 0 radical (unpaired) electrons. The fourth-order valence-electron chi connectivity index (χ4n) is 7.59. The van der Waals surface area contributed by atoms with Crippen molar-refractivity contribution < 1.29 is 0 Å². The van der Waals surface area contributed by atoms with E-state index in [0.717, 1.165) is 45.2 Å². The van der Waals surface area contributed by atoms with E-state index in [0.29, 0.717) is 0 Å². The van der Waals surface area contributed by atoms with Crippen LogP contribution in [0.4, 0.5) is 17.1 Å². The average Bonchev–Trinajstić information content (AvgIpc) is 3.59. The summed E-state index contributed by atoms with van der Waals surface area (Å²) >= 11 is 0. The molecule has 0 atom stereocenters. The number of hydrogen-bond donors (Lipinski definition) is 0. The molecule has 6 aromatic carbocycles. The SMILES string of the molecule is CC1(C)c2ccccc2-c2ccc(N(c3ccccc3)c3cccc4c3c3ccccc3n4-c3cccc(-c4ccccc4)n3)cc21. The van der Waals surface area contributed by atoms with E-state index in [-0.39, 0.29) is 5.41 Å². The molecule has 0 N–H and O–H groups in total. The topological polar surface area (TPSA) is 21.1 Å². The van der Waals surface area contributed by atoms with Crippen molar-refractivity contribution in [2.45, 2.75) is 19.3 Å². The van der Waals surface area contributed by atoms with E-state index < -0.39 is 0 Å². The zero-order chi connectivity index (χ0) is 31.5. The molecule has 0 fully saturated rings. The van der Waals surface area contributed by atoms with E-state index in [1.807, 2.05) is 6.07 Å². The second-order valence-corrected chi connectivity index (χ2v) is 12.8. The molecule has 2 aromatic heterocycles. The number of benzene rings is 6. The molecule has 1 aliphatic carbocycles. The zero-order valence-corrected chi connectivity index (χ0v) is 26.4. The Morgan fingerprint density at radius 1 is 0.532 bits per heavy atom. The third-order valence-corrected chi connectivity index (χ3v) is 9.79. The molecule has 8 aromatic rings. The molecule has 3 heteroatoms. The quantitative estimate of drug-likeness (QED) is 0.195. The van der Waals surface area contributed by atoms with Gasteiger partial charge < -0.3 is 4.90 Å². The van der Waals surface area contributed by atoms with Crippen LogP contribution in [0.3, 0.4) is 0 Å². The third-order valence-electron chi connectivity index (χ3n) is 9.79. The van der Waals surface area contributed by atoms with Gasteiger partial charge in [-0.25, -0.2) is 4.98 Å². The molecule has 0 aliphatic heterocycles. The maximum absolute atomic E-state index is 5.20. The molecule has 47 heavy (non-hydrogen) atoms. The summed E-state index contributed by atoms with van der Waals surface area (Å²) in [5, 5.41) is 2.39. The fraction of sp³-hybridized carbons (Fsp3) is 0.0682. The fourth-order valence-corrected chi connectivity index (χ4v) is 7.59. The molecule has 0 unspecified atom stereocenters.